The predicted octanol–water partition coefficient (Wildman–Crippen LogP) is 4.53. The minimum atomic E-state index is -0.421. The maximum atomic E-state index is 12.0. The van der Waals surface area contributed by atoms with E-state index in [2.05, 4.69) is 47.2 Å². The molecule has 122 valence electrons. The molecule has 23 heavy (non-hydrogen) atoms. The fourth-order valence-electron chi connectivity index (χ4n) is 2.21. The van der Waals surface area contributed by atoms with Crippen LogP contribution in [-0.2, 0) is 4.79 Å². The molecular weight excluding hydrogens is 286 g/mol. The molecule has 0 aliphatic heterocycles. The van der Waals surface area contributed by atoms with Gasteiger partial charge in [-0.15, -0.1) is 0 Å². The number of hydrogen-bond acceptors (Lipinski definition) is 3. The summed E-state index contributed by atoms with van der Waals surface area (Å²) in [5, 5.41) is 2.89. The van der Waals surface area contributed by atoms with Gasteiger partial charge < -0.3 is 10.2 Å². The molecule has 0 saturated carbocycles. The molecule has 1 aromatic carbocycles. The van der Waals surface area contributed by atoms with Crippen LogP contribution in [0.25, 0.3) is 0 Å². The molecule has 0 spiro atoms. The van der Waals surface area contributed by atoms with Crippen LogP contribution in [0.4, 0.5) is 17.2 Å². The second-order valence-corrected chi connectivity index (χ2v) is 6.69. The normalized spacial score (nSPS) is 11.2. The average Bonchev–Trinajstić information content (AvgIpc) is 2.49. The van der Waals surface area contributed by atoms with Crippen molar-refractivity contribution in [2.75, 3.05) is 16.8 Å². The molecule has 0 saturated heterocycles. The van der Waals surface area contributed by atoms with Gasteiger partial charge in [0.15, 0.2) is 0 Å². The van der Waals surface area contributed by atoms with Gasteiger partial charge in [0.25, 0.3) is 0 Å². The molecule has 1 N–H and O–H groups in total. The van der Waals surface area contributed by atoms with Gasteiger partial charge in [0.2, 0.25) is 5.91 Å². The zero-order valence-electron chi connectivity index (χ0n) is 14.6. The third kappa shape index (κ3) is 4.31. The van der Waals surface area contributed by atoms with Gasteiger partial charge in [0.1, 0.15) is 5.82 Å². The van der Waals surface area contributed by atoms with Crippen LogP contribution in [0.1, 0.15) is 33.3 Å². The number of benzene rings is 1. The molecule has 2 rings (SSSR count). The Bertz CT molecular complexity index is 672. The molecule has 4 nitrogen and oxygen atoms in total. The van der Waals surface area contributed by atoms with Gasteiger partial charge in [0, 0.05) is 17.6 Å². The van der Waals surface area contributed by atoms with Crippen LogP contribution < -0.4 is 10.2 Å². The van der Waals surface area contributed by atoms with E-state index in [0.29, 0.717) is 5.69 Å². The number of carbonyl (C=O) groups is 1. The zero-order chi connectivity index (χ0) is 17.0. The highest BCUT2D eigenvalue weighted by atomic mass is 16.2. The van der Waals surface area contributed by atoms with E-state index in [1.54, 1.807) is 6.20 Å². The number of pyridine rings is 1. The molecule has 0 aliphatic carbocycles. The van der Waals surface area contributed by atoms with E-state index in [9.17, 15) is 4.79 Å². The van der Waals surface area contributed by atoms with Crippen molar-refractivity contribution in [2.45, 2.75) is 34.6 Å². The minimum Gasteiger partial charge on any atom is -0.327 e. The Morgan fingerprint density at radius 3 is 2.48 bits per heavy atom. The number of carbonyl (C=O) groups excluding carboxylic acids is 1. The maximum absolute atomic E-state index is 12.0. The molecule has 0 fully saturated rings. The Hall–Kier alpha value is -2.36. The van der Waals surface area contributed by atoms with Crippen molar-refractivity contribution in [1.82, 2.24) is 4.98 Å². The summed E-state index contributed by atoms with van der Waals surface area (Å²) in [7, 11) is 0. The van der Waals surface area contributed by atoms with Crippen molar-refractivity contribution < 1.29 is 4.79 Å². The predicted molar refractivity (Wildman–Crippen MR) is 96.2 cm³/mol. The Kier molecular flexibility index (Phi) is 5.04. The molecule has 2 aromatic rings. The third-order valence-electron chi connectivity index (χ3n) is 3.59. The lowest BCUT2D eigenvalue weighted by atomic mass is 9.96. The van der Waals surface area contributed by atoms with E-state index in [0.717, 1.165) is 18.1 Å². The fourth-order valence-corrected chi connectivity index (χ4v) is 2.21. The molecule has 0 atom stereocenters. The van der Waals surface area contributed by atoms with Gasteiger partial charge in [-0.2, -0.15) is 0 Å². The summed E-state index contributed by atoms with van der Waals surface area (Å²) in [6.45, 7) is 10.7. The third-order valence-corrected chi connectivity index (χ3v) is 3.59. The number of nitrogens with zero attached hydrogens (tertiary/aromatic N) is 2. The van der Waals surface area contributed by atoms with Crippen LogP contribution in [0.2, 0.25) is 0 Å². The Morgan fingerprint density at radius 2 is 1.96 bits per heavy atom. The van der Waals surface area contributed by atoms with Crippen molar-refractivity contribution in [1.29, 1.82) is 0 Å². The first kappa shape index (κ1) is 17.0. The number of anilines is 3. The molecule has 0 aliphatic rings. The molecule has 0 radical (unpaired) electrons. The lowest BCUT2D eigenvalue weighted by molar-refractivity contribution is -0.123. The largest absolute Gasteiger partial charge is 0.327 e. The molecule has 4 heteroatoms. The van der Waals surface area contributed by atoms with E-state index >= 15 is 0 Å². The number of rotatable bonds is 4. The van der Waals surface area contributed by atoms with Crippen molar-refractivity contribution in [3.63, 3.8) is 0 Å². The first-order valence-electron chi connectivity index (χ1n) is 7.93. The highest BCUT2D eigenvalue weighted by Crippen LogP contribution is 2.25. The van der Waals surface area contributed by atoms with Gasteiger partial charge in [-0.3, -0.25) is 4.79 Å². The number of hydrogen-bond donors (Lipinski definition) is 1. The highest BCUT2D eigenvalue weighted by molar-refractivity contribution is 5.94. The summed E-state index contributed by atoms with van der Waals surface area (Å²) < 4.78 is 0. The molecule has 1 aromatic heterocycles. The van der Waals surface area contributed by atoms with Crippen molar-refractivity contribution in [2.24, 2.45) is 5.41 Å². The smallest absolute Gasteiger partial charge is 0.229 e. The van der Waals surface area contributed by atoms with Gasteiger partial charge in [0.05, 0.1) is 11.9 Å². The monoisotopic (exact) mass is 311 g/mol. The molecule has 0 unspecified atom stereocenters. The van der Waals surface area contributed by atoms with Crippen molar-refractivity contribution in [3.05, 3.63) is 48.2 Å². The van der Waals surface area contributed by atoms with E-state index in [1.807, 2.05) is 39.0 Å². The van der Waals surface area contributed by atoms with Gasteiger partial charge in [-0.25, -0.2) is 4.98 Å². The number of amides is 1. The first-order chi connectivity index (χ1) is 10.8. The summed E-state index contributed by atoms with van der Waals surface area (Å²) in [5.41, 5.74) is 2.63. The molecular formula is C19H25N3O. The Labute approximate surface area is 138 Å². The van der Waals surface area contributed by atoms with E-state index < -0.39 is 5.41 Å². The van der Waals surface area contributed by atoms with Gasteiger partial charge in [-0.05, 0) is 43.7 Å². The topological polar surface area (TPSA) is 45.2 Å². The van der Waals surface area contributed by atoms with E-state index in [4.69, 9.17) is 0 Å². The average molecular weight is 311 g/mol. The van der Waals surface area contributed by atoms with Crippen molar-refractivity contribution in [3.8, 4) is 0 Å². The second kappa shape index (κ2) is 6.82. The minimum absolute atomic E-state index is 0.0157. The summed E-state index contributed by atoms with van der Waals surface area (Å²) >= 11 is 0. The van der Waals surface area contributed by atoms with Gasteiger partial charge >= 0.3 is 0 Å². The standard InChI is InChI=1S/C19H25N3O/c1-6-22(16-9-7-8-14(2)12-16)17-11-10-15(13-20-17)21-18(23)19(3,4)5/h7-13H,6H2,1-5H3,(H,21,23). The molecule has 1 amide bonds. The van der Waals surface area contributed by atoms with Crippen LogP contribution in [0.15, 0.2) is 42.6 Å². The second-order valence-electron chi connectivity index (χ2n) is 6.69. The molecule has 1 heterocycles. The fraction of sp³-hybridized carbons (Fsp3) is 0.368. The first-order valence-corrected chi connectivity index (χ1v) is 7.93. The number of nitrogens with one attached hydrogen (secondary N) is 1. The van der Waals surface area contributed by atoms with E-state index in [1.165, 1.54) is 5.56 Å². The quantitative estimate of drug-likeness (QED) is 0.902. The summed E-state index contributed by atoms with van der Waals surface area (Å²) in [6, 6.07) is 12.2. The summed E-state index contributed by atoms with van der Waals surface area (Å²) in [5.74, 6) is 0.852. The highest BCUT2D eigenvalue weighted by Gasteiger charge is 2.21. The lowest BCUT2D eigenvalue weighted by Gasteiger charge is -2.23. The number of aryl methyl sites for hydroxylation is 1. The van der Waals surface area contributed by atoms with Crippen LogP contribution in [0.5, 0.6) is 0 Å². The maximum Gasteiger partial charge on any atom is 0.229 e. The zero-order valence-corrected chi connectivity index (χ0v) is 14.6. The SMILES string of the molecule is CCN(c1cccc(C)c1)c1ccc(NC(=O)C(C)(C)C)cn1. The van der Waals surface area contributed by atoms with Crippen molar-refractivity contribution >= 4 is 23.1 Å². The van der Waals surface area contributed by atoms with Crippen LogP contribution in [-0.4, -0.2) is 17.4 Å². The van der Waals surface area contributed by atoms with E-state index in [-0.39, 0.29) is 5.91 Å². The Balaban J connectivity index is 2.19. The van der Waals surface area contributed by atoms with Crippen LogP contribution >= 0.6 is 0 Å². The summed E-state index contributed by atoms with van der Waals surface area (Å²) in [4.78, 5) is 18.7. The molecule has 0 bridgehead atoms. The lowest BCUT2D eigenvalue weighted by Crippen LogP contribution is -2.27. The van der Waals surface area contributed by atoms with Gasteiger partial charge in [-0.1, -0.05) is 32.9 Å². The van der Waals surface area contributed by atoms with Crippen LogP contribution in [0, 0.1) is 12.3 Å². The summed E-state index contributed by atoms with van der Waals surface area (Å²) in [6.07, 6.45) is 1.71. The number of aromatic nitrogens is 1. The van der Waals surface area contributed by atoms with Crippen LogP contribution in [0.3, 0.4) is 0 Å². The Morgan fingerprint density at radius 1 is 1.22 bits per heavy atom.